The molecule has 0 unspecified atom stereocenters. The van der Waals surface area contributed by atoms with Crippen LogP contribution in [-0.2, 0) is 0 Å². The maximum Gasteiger partial charge on any atom is 0.294 e. The second-order valence-corrected chi connectivity index (χ2v) is 4.86. The molecule has 1 aliphatic heterocycles. The number of likely N-dealkylation sites (N-methyl/N-ethyl adjacent to an activating group) is 1. The van der Waals surface area contributed by atoms with Crippen molar-refractivity contribution in [3.05, 3.63) is 28.3 Å². The van der Waals surface area contributed by atoms with Crippen molar-refractivity contribution in [1.29, 1.82) is 0 Å². The van der Waals surface area contributed by atoms with Gasteiger partial charge in [0.15, 0.2) is 0 Å². The third kappa shape index (κ3) is 2.38. The van der Waals surface area contributed by atoms with Crippen LogP contribution in [0.3, 0.4) is 0 Å². The molecule has 1 heterocycles. The van der Waals surface area contributed by atoms with Crippen LogP contribution in [0.15, 0.2) is 18.2 Å². The van der Waals surface area contributed by atoms with Gasteiger partial charge in [-0.1, -0.05) is 0 Å². The van der Waals surface area contributed by atoms with Crippen LogP contribution >= 0.6 is 0 Å². The summed E-state index contributed by atoms with van der Waals surface area (Å²) in [6.07, 6.45) is 1.02. The van der Waals surface area contributed by atoms with Crippen molar-refractivity contribution in [2.75, 3.05) is 37.8 Å². The van der Waals surface area contributed by atoms with E-state index in [1.165, 1.54) is 6.07 Å². The van der Waals surface area contributed by atoms with Crippen molar-refractivity contribution in [3.63, 3.8) is 0 Å². The highest BCUT2D eigenvalue weighted by atomic mass is 16.6. The summed E-state index contributed by atoms with van der Waals surface area (Å²) >= 11 is 0. The molecule has 0 aliphatic carbocycles. The molecule has 0 saturated carbocycles. The molecule has 1 atom stereocenters. The summed E-state index contributed by atoms with van der Waals surface area (Å²) in [7, 11) is 4.07. The summed E-state index contributed by atoms with van der Waals surface area (Å²) < 4.78 is 0. The molecule has 98 valence electrons. The maximum atomic E-state index is 11.1. The smallest absolute Gasteiger partial charge is 0.294 e. The lowest BCUT2D eigenvalue weighted by Crippen LogP contribution is -2.31. The van der Waals surface area contributed by atoms with Crippen LogP contribution in [0.5, 0.6) is 0 Å². The molecular formula is C12H18N4O2. The van der Waals surface area contributed by atoms with Crippen molar-refractivity contribution in [2.24, 2.45) is 0 Å². The van der Waals surface area contributed by atoms with Crippen molar-refractivity contribution in [1.82, 2.24) is 4.90 Å². The van der Waals surface area contributed by atoms with Crippen molar-refractivity contribution in [3.8, 4) is 0 Å². The van der Waals surface area contributed by atoms with Gasteiger partial charge in [-0.05, 0) is 32.6 Å². The Bertz CT molecular complexity index is 461. The molecule has 1 aromatic rings. The quantitative estimate of drug-likeness (QED) is 0.497. The molecule has 2 N–H and O–H groups in total. The summed E-state index contributed by atoms with van der Waals surface area (Å²) in [4.78, 5) is 14.9. The van der Waals surface area contributed by atoms with Gasteiger partial charge in [-0.25, -0.2) is 0 Å². The Morgan fingerprint density at radius 2 is 2.22 bits per heavy atom. The number of benzene rings is 1. The van der Waals surface area contributed by atoms with E-state index >= 15 is 0 Å². The molecule has 0 spiro atoms. The lowest BCUT2D eigenvalue weighted by atomic mass is 10.2. The van der Waals surface area contributed by atoms with E-state index in [1.807, 2.05) is 14.1 Å². The fraction of sp³-hybridized carbons (Fsp3) is 0.500. The predicted molar refractivity (Wildman–Crippen MR) is 71.8 cm³/mol. The maximum absolute atomic E-state index is 11.1. The van der Waals surface area contributed by atoms with Crippen molar-refractivity contribution in [2.45, 2.75) is 12.5 Å². The Balaban J connectivity index is 2.27. The molecule has 18 heavy (non-hydrogen) atoms. The molecule has 1 fully saturated rings. The summed E-state index contributed by atoms with van der Waals surface area (Å²) in [5.74, 6) is 0. The van der Waals surface area contributed by atoms with Gasteiger partial charge < -0.3 is 15.5 Å². The van der Waals surface area contributed by atoms with E-state index in [-0.39, 0.29) is 10.6 Å². The number of nitrogen functional groups attached to an aromatic ring is 1. The molecule has 2 rings (SSSR count). The predicted octanol–water partition coefficient (Wildman–Crippen LogP) is 1.32. The summed E-state index contributed by atoms with van der Waals surface area (Å²) in [6.45, 7) is 1.66. The SMILES string of the molecule is CN(C)[C@H]1CCN(c2ccc(N)cc2[N+](=O)[O-])C1. The number of rotatable bonds is 3. The first-order valence-electron chi connectivity index (χ1n) is 5.94. The zero-order valence-electron chi connectivity index (χ0n) is 10.7. The first-order valence-corrected chi connectivity index (χ1v) is 5.94. The van der Waals surface area contributed by atoms with Gasteiger partial charge >= 0.3 is 0 Å². The minimum atomic E-state index is -0.366. The van der Waals surface area contributed by atoms with Crippen LogP contribution in [0, 0.1) is 10.1 Å². The number of nitrogens with zero attached hydrogens (tertiary/aromatic N) is 3. The minimum Gasteiger partial charge on any atom is -0.399 e. The lowest BCUT2D eigenvalue weighted by Gasteiger charge is -2.21. The number of nitro benzene ring substituents is 1. The first-order chi connectivity index (χ1) is 8.49. The molecule has 0 amide bonds. The lowest BCUT2D eigenvalue weighted by molar-refractivity contribution is -0.384. The Labute approximate surface area is 106 Å². The number of nitrogens with two attached hydrogens (primary N) is 1. The van der Waals surface area contributed by atoms with Crippen molar-refractivity contribution < 1.29 is 4.92 Å². The summed E-state index contributed by atoms with van der Waals surface area (Å²) in [5, 5.41) is 11.1. The zero-order chi connectivity index (χ0) is 13.3. The molecule has 1 saturated heterocycles. The summed E-state index contributed by atoms with van der Waals surface area (Å²) in [5.41, 5.74) is 6.79. The average Bonchev–Trinajstić information content (AvgIpc) is 2.78. The Kier molecular flexibility index (Phi) is 3.38. The minimum absolute atomic E-state index is 0.0920. The summed E-state index contributed by atoms with van der Waals surface area (Å²) in [6, 6.07) is 5.33. The van der Waals surface area contributed by atoms with Crippen molar-refractivity contribution >= 4 is 17.1 Å². The van der Waals surface area contributed by atoms with Gasteiger partial charge in [-0.2, -0.15) is 0 Å². The van der Waals surface area contributed by atoms with Gasteiger partial charge in [0, 0.05) is 30.9 Å². The molecule has 0 bridgehead atoms. The highest BCUT2D eigenvalue weighted by molar-refractivity contribution is 5.68. The molecule has 0 aromatic heterocycles. The van der Waals surface area contributed by atoms with Crippen LogP contribution in [0.2, 0.25) is 0 Å². The molecule has 1 aliphatic rings. The fourth-order valence-electron chi connectivity index (χ4n) is 2.34. The molecular weight excluding hydrogens is 232 g/mol. The Hall–Kier alpha value is -1.82. The molecule has 6 nitrogen and oxygen atoms in total. The van der Waals surface area contributed by atoms with E-state index in [1.54, 1.807) is 12.1 Å². The van der Waals surface area contributed by atoms with Gasteiger partial charge in [0.05, 0.1) is 4.92 Å². The van der Waals surface area contributed by atoms with Crippen LogP contribution in [-0.4, -0.2) is 43.0 Å². The number of anilines is 2. The zero-order valence-corrected chi connectivity index (χ0v) is 10.7. The van der Waals surface area contributed by atoms with E-state index in [4.69, 9.17) is 5.73 Å². The molecule has 0 radical (unpaired) electrons. The van der Waals surface area contributed by atoms with Gasteiger partial charge in [0.25, 0.3) is 5.69 Å². The average molecular weight is 250 g/mol. The van der Waals surface area contributed by atoms with E-state index < -0.39 is 0 Å². The number of hydrogen-bond acceptors (Lipinski definition) is 5. The standard InChI is InChI=1S/C12H18N4O2/c1-14(2)10-5-6-15(8-10)11-4-3-9(13)7-12(11)16(17)18/h3-4,7,10H,5-6,8,13H2,1-2H3/t10-/m0/s1. The van der Waals surface area contributed by atoms with Crippen LogP contribution in [0.1, 0.15) is 6.42 Å². The highest BCUT2D eigenvalue weighted by Crippen LogP contribution is 2.32. The third-order valence-corrected chi connectivity index (χ3v) is 3.43. The van der Waals surface area contributed by atoms with Gasteiger partial charge in [0.2, 0.25) is 0 Å². The Morgan fingerprint density at radius 1 is 1.50 bits per heavy atom. The normalized spacial score (nSPS) is 19.5. The van der Waals surface area contributed by atoms with E-state index in [0.29, 0.717) is 17.4 Å². The van der Waals surface area contributed by atoms with Gasteiger partial charge in [0.1, 0.15) is 5.69 Å². The second kappa shape index (κ2) is 4.81. The topological polar surface area (TPSA) is 75.6 Å². The first kappa shape index (κ1) is 12.6. The molecule has 1 aromatic carbocycles. The Morgan fingerprint density at radius 3 is 2.78 bits per heavy atom. The second-order valence-electron chi connectivity index (χ2n) is 4.86. The highest BCUT2D eigenvalue weighted by Gasteiger charge is 2.28. The fourth-order valence-corrected chi connectivity index (χ4v) is 2.34. The van der Waals surface area contributed by atoms with Crippen LogP contribution < -0.4 is 10.6 Å². The van der Waals surface area contributed by atoms with E-state index in [9.17, 15) is 10.1 Å². The van der Waals surface area contributed by atoms with Crippen LogP contribution in [0.25, 0.3) is 0 Å². The van der Waals surface area contributed by atoms with E-state index in [0.717, 1.165) is 19.5 Å². The largest absolute Gasteiger partial charge is 0.399 e. The van der Waals surface area contributed by atoms with Gasteiger partial charge in [-0.3, -0.25) is 10.1 Å². The number of nitro groups is 1. The van der Waals surface area contributed by atoms with E-state index in [2.05, 4.69) is 9.80 Å². The monoisotopic (exact) mass is 250 g/mol. The number of hydrogen-bond donors (Lipinski definition) is 1. The van der Waals surface area contributed by atoms with Crippen LogP contribution in [0.4, 0.5) is 17.1 Å². The van der Waals surface area contributed by atoms with Gasteiger partial charge in [-0.15, -0.1) is 0 Å². The molecule has 6 heteroatoms. The third-order valence-electron chi connectivity index (χ3n) is 3.43.